The summed E-state index contributed by atoms with van der Waals surface area (Å²) in [4.78, 5) is 76.9. The molecule has 0 radical (unpaired) electrons. The van der Waals surface area contributed by atoms with Gasteiger partial charge in [-0.1, -0.05) is 6.07 Å². The van der Waals surface area contributed by atoms with Gasteiger partial charge in [-0.2, -0.15) is 4.98 Å². The van der Waals surface area contributed by atoms with E-state index in [0.29, 0.717) is 75.7 Å². The molecule has 1 unspecified atom stereocenters. The molecule has 4 aromatic rings. The van der Waals surface area contributed by atoms with Gasteiger partial charge in [0.25, 0.3) is 11.8 Å². The number of aromatic nitrogens is 2. The smallest absolute Gasteiger partial charge is 0.262 e. The van der Waals surface area contributed by atoms with Crippen LogP contribution in [0.4, 0.5) is 34.5 Å². The standard InChI is InChI=1S/C45H54N10O9S/c1-29-28-47-44(51-40(29)48-32-6-5-7-34(26-32)65(61,62)52-45(2,3)4)49-30-8-11-33(12-9-30)53-18-20-54(21-19-53)39(57)16-22-63-24-25-64-23-17-46-31-10-13-35-36(27-31)43(60)55(42(35)59)37-14-15-38(56)50-41(37)58/h5-13,26-28,37,46,52H,14-25H2,1-4H3,(H,50,56,58)(H2,47,48,49,51). The number of piperidine rings is 1. The van der Waals surface area contributed by atoms with E-state index in [1.54, 1.807) is 69.4 Å². The molecule has 0 saturated carbocycles. The number of hydrogen-bond acceptors (Lipinski definition) is 15. The molecule has 0 aliphatic carbocycles. The molecule has 1 aromatic heterocycles. The highest BCUT2D eigenvalue weighted by atomic mass is 32.2. The summed E-state index contributed by atoms with van der Waals surface area (Å²) in [5, 5.41) is 11.8. The third-order valence-corrected chi connectivity index (χ3v) is 12.5. The molecule has 2 fully saturated rings. The van der Waals surface area contributed by atoms with E-state index < -0.39 is 45.2 Å². The third-order valence-electron chi connectivity index (χ3n) is 10.8. The van der Waals surface area contributed by atoms with Gasteiger partial charge >= 0.3 is 0 Å². The van der Waals surface area contributed by atoms with Gasteiger partial charge in [-0.25, -0.2) is 18.1 Å². The van der Waals surface area contributed by atoms with Crippen molar-refractivity contribution in [1.82, 2.24) is 29.8 Å². The maximum atomic E-state index is 13.1. The Hall–Kier alpha value is -6.48. The van der Waals surface area contributed by atoms with Crippen molar-refractivity contribution in [2.75, 3.05) is 80.0 Å². The van der Waals surface area contributed by atoms with Crippen molar-refractivity contribution in [3.63, 3.8) is 0 Å². The van der Waals surface area contributed by atoms with Crippen LogP contribution in [0.2, 0.25) is 0 Å². The Bertz CT molecular complexity index is 2540. The van der Waals surface area contributed by atoms with Crippen LogP contribution in [-0.2, 0) is 33.9 Å². The Balaban J connectivity index is 0.771. The van der Waals surface area contributed by atoms with Gasteiger partial charge in [0.2, 0.25) is 33.7 Å². The van der Waals surface area contributed by atoms with Gasteiger partial charge in [-0.15, -0.1) is 0 Å². The predicted octanol–water partition coefficient (Wildman–Crippen LogP) is 3.93. The maximum Gasteiger partial charge on any atom is 0.262 e. The van der Waals surface area contributed by atoms with E-state index >= 15 is 0 Å². The summed E-state index contributed by atoms with van der Waals surface area (Å²) in [6, 6.07) is 18.3. The van der Waals surface area contributed by atoms with Crippen LogP contribution in [0.5, 0.6) is 0 Å². The molecule has 7 rings (SSSR count). The maximum absolute atomic E-state index is 13.1. The number of nitrogens with zero attached hydrogens (tertiary/aromatic N) is 5. The Morgan fingerprint density at radius 1 is 0.831 bits per heavy atom. The number of nitrogens with one attached hydrogen (secondary N) is 5. The van der Waals surface area contributed by atoms with Crippen LogP contribution in [0.25, 0.3) is 0 Å². The van der Waals surface area contributed by atoms with E-state index in [2.05, 4.69) is 40.9 Å². The molecule has 4 heterocycles. The highest BCUT2D eigenvalue weighted by molar-refractivity contribution is 7.89. The molecular weight excluding hydrogens is 857 g/mol. The summed E-state index contributed by atoms with van der Waals surface area (Å²) in [5.41, 5.74) is 3.58. The van der Waals surface area contributed by atoms with Gasteiger partial charge in [-0.3, -0.25) is 34.2 Å². The lowest BCUT2D eigenvalue weighted by molar-refractivity contribution is -0.136. The molecule has 5 N–H and O–H groups in total. The first kappa shape index (κ1) is 46.5. The second-order valence-electron chi connectivity index (χ2n) is 16.9. The van der Waals surface area contributed by atoms with Crippen LogP contribution in [0.1, 0.15) is 66.3 Å². The number of amides is 5. The van der Waals surface area contributed by atoms with Crippen molar-refractivity contribution in [1.29, 1.82) is 0 Å². The minimum absolute atomic E-state index is 0.0336. The molecule has 2 saturated heterocycles. The minimum atomic E-state index is -3.72. The lowest BCUT2D eigenvalue weighted by Gasteiger charge is -2.36. The molecule has 3 aliphatic rings. The van der Waals surface area contributed by atoms with E-state index in [-0.39, 0.29) is 47.8 Å². The molecule has 20 heteroatoms. The normalized spacial score (nSPS) is 16.7. The Kier molecular flexibility index (Phi) is 14.4. The number of sulfonamides is 1. The molecule has 65 heavy (non-hydrogen) atoms. The average Bonchev–Trinajstić information content (AvgIpc) is 3.51. The number of imide groups is 2. The summed E-state index contributed by atoms with van der Waals surface area (Å²) < 4.78 is 39.8. The van der Waals surface area contributed by atoms with Crippen molar-refractivity contribution < 1.29 is 41.9 Å². The second-order valence-corrected chi connectivity index (χ2v) is 18.6. The molecular formula is C45H54N10O9S. The van der Waals surface area contributed by atoms with Crippen molar-refractivity contribution >= 4 is 74.1 Å². The van der Waals surface area contributed by atoms with E-state index in [1.807, 2.05) is 36.1 Å². The quantitative estimate of drug-likeness (QED) is 0.0703. The zero-order valence-electron chi connectivity index (χ0n) is 36.8. The Morgan fingerprint density at radius 3 is 2.26 bits per heavy atom. The lowest BCUT2D eigenvalue weighted by Crippen LogP contribution is -2.54. The van der Waals surface area contributed by atoms with Gasteiger partial charge in [-0.05, 0) is 94.8 Å². The SMILES string of the molecule is Cc1cnc(Nc2ccc(N3CCN(C(=O)CCOCCOCCNc4ccc5c(c4)C(=O)N(C4CCC(=O)NC4=O)C5=O)CC3)cc2)nc1Nc1cccc(S(=O)(=O)NC(C)(C)C)c1. The topological polar surface area (TPSA) is 234 Å². The number of benzene rings is 3. The third kappa shape index (κ3) is 11.8. The predicted molar refractivity (Wildman–Crippen MR) is 243 cm³/mol. The van der Waals surface area contributed by atoms with Crippen LogP contribution in [-0.4, -0.2) is 128 Å². The van der Waals surface area contributed by atoms with Crippen LogP contribution in [0.3, 0.4) is 0 Å². The zero-order valence-corrected chi connectivity index (χ0v) is 37.6. The number of anilines is 6. The fraction of sp³-hybridized carbons (Fsp3) is 0.400. The first-order valence-electron chi connectivity index (χ1n) is 21.4. The monoisotopic (exact) mass is 910 g/mol. The average molecular weight is 911 g/mol. The molecule has 19 nitrogen and oxygen atoms in total. The van der Waals surface area contributed by atoms with Gasteiger partial charge in [0.05, 0.1) is 48.9 Å². The van der Waals surface area contributed by atoms with Gasteiger partial charge in [0.15, 0.2) is 0 Å². The first-order chi connectivity index (χ1) is 31.0. The summed E-state index contributed by atoms with van der Waals surface area (Å²) in [6.45, 7) is 11.5. The van der Waals surface area contributed by atoms with Crippen molar-refractivity contribution in [3.05, 3.63) is 89.6 Å². The molecule has 3 aliphatic heterocycles. The number of aryl methyl sites for hydroxylation is 1. The lowest BCUT2D eigenvalue weighted by atomic mass is 10.0. The largest absolute Gasteiger partial charge is 0.383 e. The van der Waals surface area contributed by atoms with Crippen LogP contribution >= 0.6 is 0 Å². The number of fused-ring (bicyclic) bond motifs is 1. The summed E-state index contributed by atoms with van der Waals surface area (Å²) in [5.74, 6) is -1.25. The fourth-order valence-corrected chi connectivity index (χ4v) is 9.02. The Morgan fingerprint density at radius 2 is 1.54 bits per heavy atom. The molecule has 5 amide bonds. The zero-order chi connectivity index (χ0) is 46.3. The summed E-state index contributed by atoms with van der Waals surface area (Å²) >= 11 is 0. The van der Waals surface area contributed by atoms with Crippen molar-refractivity contribution in [2.45, 2.75) is 63.4 Å². The first-order valence-corrected chi connectivity index (χ1v) is 22.9. The van der Waals surface area contributed by atoms with Gasteiger partial charge in [0, 0.05) is 79.2 Å². The fourth-order valence-electron chi connectivity index (χ4n) is 7.56. The van der Waals surface area contributed by atoms with E-state index in [9.17, 15) is 32.4 Å². The molecule has 1 atom stereocenters. The number of carbonyl (C=O) groups is 5. The number of ether oxygens (including phenoxy) is 2. The van der Waals surface area contributed by atoms with Crippen LogP contribution < -0.4 is 30.9 Å². The summed E-state index contributed by atoms with van der Waals surface area (Å²) in [6.07, 6.45) is 2.11. The van der Waals surface area contributed by atoms with Crippen molar-refractivity contribution in [3.8, 4) is 0 Å². The summed E-state index contributed by atoms with van der Waals surface area (Å²) in [7, 11) is -3.72. The molecule has 344 valence electrons. The van der Waals surface area contributed by atoms with E-state index in [1.165, 1.54) is 0 Å². The molecule has 0 spiro atoms. The number of piperazine rings is 1. The van der Waals surface area contributed by atoms with Crippen LogP contribution in [0.15, 0.2) is 77.8 Å². The second kappa shape index (κ2) is 20.1. The van der Waals surface area contributed by atoms with E-state index in [0.717, 1.165) is 21.8 Å². The number of rotatable bonds is 18. The Labute approximate surface area is 377 Å². The van der Waals surface area contributed by atoms with Gasteiger partial charge in [0.1, 0.15) is 11.9 Å². The van der Waals surface area contributed by atoms with Crippen molar-refractivity contribution in [2.24, 2.45) is 0 Å². The highest BCUT2D eigenvalue weighted by Crippen LogP contribution is 2.30. The molecule has 3 aromatic carbocycles. The van der Waals surface area contributed by atoms with Crippen LogP contribution in [0, 0.1) is 6.92 Å². The van der Waals surface area contributed by atoms with Gasteiger partial charge < -0.3 is 35.2 Å². The number of carbonyl (C=O) groups excluding carboxylic acids is 5. The molecule has 0 bridgehead atoms. The number of hydrogen-bond donors (Lipinski definition) is 5. The highest BCUT2D eigenvalue weighted by Gasteiger charge is 2.44. The minimum Gasteiger partial charge on any atom is -0.383 e. The van der Waals surface area contributed by atoms with E-state index in [4.69, 9.17) is 9.47 Å².